The fourth-order valence-electron chi connectivity index (χ4n) is 1.56. The van der Waals surface area contributed by atoms with Crippen molar-refractivity contribution in [3.63, 3.8) is 0 Å². The van der Waals surface area contributed by atoms with E-state index in [2.05, 4.69) is 0 Å². The summed E-state index contributed by atoms with van der Waals surface area (Å²) < 4.78 is 11.1. The first-order chi connectivity index (χ1) is 7.61. The molecule has 0 radical (unpaired) electrons. The van der Waals surface area contributed by atoms with E-state index in [1.54, 1.807) is 13.2 Å². The van der Waals surface area contributed by atoms with Gasteiger partial charge in [-0.25, -0.2) is 0 Å². The third-order valence-corrected chi connectivity index (χ3v) is 2.79. The van der Waals surface area contributed by atoms with Crippen molar-refractivity contribution in [1.29, 1.82) is 0 Å². The van der Waals surface area contributed by atoms with Gasteiger partial charge in [0.05, 0.1) is 13.2 Å². The molecule has 0 aromatic heterocycles. The minimum absolute atomic E-state index is 0.124. The van der Waals surface area contributed by atoms with Gasteiger partial charge in [-0.05, 0) is 25.8 Å². The quantitative estimate of drug-likeness (QED) is 0.882. The van der Waals surface area contributed by atoms with Gasteiger partial charge in [0.15, 0.2) is 11.5 Å². The van der Waals surface area contributed by atoms with E-state index in [4.69, 9.17) is 26.8 Å². The van der Waals surface area contributed by atoms with Crippen LogP contribution in [0.25, 0.3) is 0 Å². The summed E-state index contributed by atoms with van der Waals surface area (Å²) in [6.07, 6.45) is 2.52. The van der Waals surface area contributed by atoms with Gasteiger partial charge in [0.2, 0.25) is 0 Å². The molecule has 1 aromatic rings. The molecule has 0 bridgehead atoms. The maximum atomic E-state index is 6.01. The van der Waals surface area contributed by atoms with Crippen LogP contribution in [0.5, 0.6) is 11.5 Å². The van der Waals surface area contributed by atoms with Gasteiger partial charge >= 0.3 is 0 Å². The highest BCUT2D eigenvalue weighted by Crippen LogP contribution is 2.40. The lowest BCUT2D eigenvalue weighted by atomic mass is 10.1. The van der Waals surface area contributed by atoms with Crippen LogP contribution < -0.4 is 15.2 Å². The van der Waals surface area contributed by atoms with Gasteiger partial charge < -0.3 is 15.2 Å². The monoisotopic (exact) mass is 241 g/mol. The predicted molar refractivity (Wildman–Crippen MR) is 64.3 cm³/mol. The maximum Gasteiger partial charge on any atom is 0.166 e. The van der Waals surface area contributed by atoms with Gasteiger partial charge in [-0.15, -0.1) is 0 Å². The summed E-state index contributed by atoms with van der Waals surface area (Å²) in [6.45, 7) is 1.91. The van der Waals surface area contributed by atoms with Crippen LogP contribution in [0.4, 0.5) is 0 Å². The summed E-state index contributed by atoms with van der Waals surface area (Å²) in [6, 6.07) is 3.47. The molecule has 2 N–H and O–H groups in total. The molecule has 1 fully saturated rings. The van der Waals surface area contributed by atoms with E-state index in [1.807, 2.05) is 13.0 Å². The van der Waals surface area contributed by atoms with E-state index in [-0.39, 0.29) is 6.04 Å². The summed E-state index contributed by atoms with van der Waals surface area (Å²) in [5, 5.41) is 0.618. The van der Waals surface area contributed by atoms with Gasteiger partial charge in [0.25, 0.3) is 0 Å². The highest BCUT2D eigenvalue weighted by molar-refractivity contribution is 6.30. The molecule has 1 aromatic carbocycles. The first-order valence-electron chi connectivity index (χ1n) is 5.41. The molecule has 0 aliphatic heterocycles. The minimum Gasteiger partial charge on any atom is -0.493 e. The molecule has 0 spiro atoms. The Morgan fingerprint density at radius 3 is 2.62 bits per heavy atom. The highest BCUT2D eigenvalue weighted by atomic mass is 35.5. The number of benzene rings is 1. The van der Waals surface area contributed by atoms with Crippen LogP contribution in [0.2, 0.25) is 5.02 Å². The fraction of sp³-hybridized carbons (Fsp3) is 0.500. The molecule has 0 amide bonds. The lowest BCUT2D eigenvalue weighted by molar-refractivity contribution is 0.278. The Hall–Kier alpha value is -0.930. The molecular weight excluding hydrogens is 226 g/mol. The number of rotatable bonds is 4. The summed E-state index contributed by atoms with van der Waals surface area (Å²) >= 11 is 6.01. The van der Waals surface area contributed by atoms with Crippen LogP contribution in [0.15, 0.2) is 12.1 Å². The summed E-state index contributed by atoms with van der Waals surface area (Å²) in [7, 11) is 1.61. The van der Waals surface area contributed by atoms with Crippen LogP contribution in [0, 0.1) is 0 Å². The third-order valence-electron chi connectivity index (χ3n) is 2.57. The average Bonchev–Trinajstić information content (AvgIpc) is 3.03. The smallest absolute Gasteiger partial charge is 0.166 e. The molecular formula is C12H16ClNO2. The Balaban J connectivity index is 2.41. The Kier molecular flexibility index (Phi) is 3.26. The molecule has 3 nitrogen and oxygen atoms in total. The maximum absolute atomic E-state index is 6.01. The Morgan fingerprint density at radius 2 is 2.12 bits per heavy atom. The summed E-state index contributed by atoms with van der Waals surface area (Å²) in [4.78, 5) is 0. The molecule has 2 rings (SSSR count). The molecule has 1 atom stereocenters. The zero-order chi connectivity index (χ0) is 11.7. The van der Waals surface area contributed by atoms with E-state index in [0.717, 1.165) is 24.2 Å². The Bertz CT molecular complexity index is 389. The van der Waals surface area contributed by atoms with Crippen molar-refractivity contribution in [2.75, 3.05) is 7.11 Å². The molecule has 88 valence electrons. The van der Waals surface area contributed by atoms with E-state index in [9.17, 15) is 0 Å². The van der Waals surface area contributed by atoms with Gasteiger partial charge in [-0.2, -0.15) is 0 Å². The first kappa shape index (κ1) is 11.6. The van der Waals surface area contributed by atoms with E-state index in [0.29, 0.717) is 16.9 Å². The lowest BCUT2D eigenvalue weighted by Crippen LogP contribution is -2.10. The molecule has 1 aliphatic carbocycles. The van der Waals surface area contributed by atoms with Crippen molar-refractivity contribution < 1.29 is 9.47 Å². The topological polar surface area (TPSA) is 44.5 Å². The first-order valence-corrected chi connectivity index (χ1v) is 5.79. The van der Waals surface area contributed by atoms with Crippen LogP contribution in [0.1, 0.15) is 31.4 Å². The Morgan fingerprint density at radius 1 is 1.44 bits per heavy atom. The Labute approximate surface area is 100 Å². The predicted octanol–water partition coefficient (Wildman–Crippen LogP) is 2.91. The average molecular weight is 242 g/mol. The van der Waals surface area contributed by atoms with Crippen LogP contribution >= 0.6 is 11.6 Å². The number of halogens is 1. The van der Waals surface area contributed by atoms with Crippen molar-refractivity contribution in [2.45, 2.75) is 31.9 Å². The molecule has 0 saturated heterocycles. The van der Waals surface area contributed by atoms with E-state index in [1.165, 1.54) is 0 Å². The molecule has 4 heteroatoms. The van der Waals surface area contributed by atoms with Crippen molar-refractivity contribution in [1.82, 2.24) is 0 Å². The van der Waals surface area contributed by atoms with Crippen LogP contribution in [-0.2, 0) is 0 Å². The largest absolute Gasteiger partial charge is 0.493 e. The SMILES string of the molecule is COc1cc(Cl)cc(C(C)N)c1OC1CC1. The van der Waals surface area contributed by atoms with Gasteiger partial charge in [-0.3, -0.25) is 0 Å². The molecule has 1 unspecified atom stereocenters. The normalized spacial score (nSPS) is 17.0. The van der Waals surface area contributed by atoms with E-state index < -0.39 is 0 Å². The van der Waals surface area contributed by atoms with E-state index >= 15 is 0 Å². The molecule has 0 heterocycles. The van der Waals surface area contributed by atoms with Crippen molar-refractivity contribution in [2.24, 2.45) is 5.73 Å². The molecule has 16 heavy (non-hydrogen) atoms. The highest BCUT2D eigenvalue weighted by Gasteiger charge is 2.27. The van der Waals surface area contributed by atoms with Crippen molar-refractivity contribution in [3.8, 4) is 11.5 Å². The number of hydrogen-bond donors (Lipinski definition) is 1. The van der Waals surface area contributed by atoms with Crippen molar-refractivity contribution >= 4 is 11.6 Å². The molecule has 1 aliphatic rings. The third kappa shape index (κ3) is 2.42. The van der Waals surface area contributed by atoms with Crippen LogP contribution in [-0.4, -0.2) is 13.2 Å². The summed E-state index contributed by atoms with van der Waals surface area (Å²) in [5.41, 5.74) is 6.81. The van der Waals surface area contributed by atoms with Gasteiger partial charge in [0.1, 0.15) is 0 Å². The zero-order valence-corrected chi connectivity index (χ0v) is 10.3. The lowest BCUT2D eigenvalue weighted by Gasteiger charge is -2.17. The molecule has 1 saturated carbocycles. The minimum atomic E-state index is -0.124. The second-order valence-corrected chi connectivity index (χ2v) is 4.57. The number of nitrogens with two attached hydrogens (primary N) is 1. The fourth-order valence-corrected chi connectivity index (χ4v) is 1.77. The van der Waals surface area contributed by atoms with Crippen LogP contribution in [0.3, 0.4) is 0 Å². The van der Waals surface area contributed by atoms with Gasteiger partial charge in [-0.1, -0.05) is 11.6 Å². The number of methoxy groups -OCH3 is 1. The standard InChI is InChI=1S/C12H16ClNO2/c1-7(14)10-5-8(13)6-11(15-2)12(10)16-9-3-4-9/h5-7,9H,3-4,14H2,1-2H3. The zero-order valence-electron chi connectivity index (χ0n) is 9.50. The number of hydrogen-bond acceptors (Lipinski definition) is 3. The van der Waals surface area contributed by atoms with Crippen molar-refractivity contribution in [3.05, 3.63) is 22.7 Å². The van der Waals surface area contributed by atoms with Gasteiger partial charge in [0, 0.05) is 22.7 Å². The second kappa shape index (κ2) is 4.52. The second-order valence-electron chi connectivity index (χ2n) is 4.13. The summed E-state index contributed by atoms with van der Waals surface area (Å²) in [5.74, 6) is 1.40. The number of ether oxygens (including phenoxy) is 2.